The second kappa shape index (κ2) is 8.32. The molecule has 2 aromatic heterocycles. The zero-order chi connectivity index (χ0) is 21.1. The van der Waals surface area contributed by atoms with Gasteiger partial charge in [0.15, 0.2) is 0 Å². The number of likely N-dealkylation sites (tertiary alicyclic amines) is 1. The van der Waals surface area contributed by atoms with Crippen molar-refractivity contribution < 1.29 is 28.3 Å². The van der Waals surface area contributed by atoms with Crippen molar-refractivity contribution in [3.05, 3.63) is 83.7 Å². The molecule has 30 heavy (non-hydrogen) atoms. The number of carbonyl (C=O) groups is 2. The van der Waals surface area contributed by atoms with Crippen LogP contribution in [0.4, 0.5) is 0 Å². The van der Waals surface area contributed by atoms with E-state index in [0.717, 1.165) is 6.42 Å². The van der Waals surface area contributed by atoms with Crippen LogP contribution < -0.4 is 4.74 Å². The Labute approximate surface area is 173 Å². The first-order valence-corrected chi connectivity index (χ1v) is 9.67. The highest BCUT2D eigenvalue weighted by Gasteiger charge is 2.47. The van der Waals surface area contributed by atoms with Gasteiger partial charge in [0, 0.05) is 5.56 Å². The topological polar surface area (TPSA) is 93.1 Å². The third-order valence-electron chi connectivity index (χ3n) is 4.84. The Bertz CT molecular complexity index is 1070. The van der Waals surface area contributed by atoms with Crippen molar-refractivity contribution in [2.45, 2.75) is 25.9 Å². The quantitative estimate of drug-likeness (QED) is 0.357. The molecule has 1 unspecified atom stereocenters. The van der Waals surface area contributed by atoms with Crippen molar-refractivity contribution in [3.8, 4) is 5.75 Å². The molecule has 154 valence electrons. The van der Waals surface area contributed by atoms with Gasteiger partial charge in [0.1, 0.15) is 29.1 Å². The number of aliphatic hydroxyl groups is 1. The fourth-order valence-corrected chi connectivity index (χ4v) is 3.46. The molecule has 7 nitrogen and oxygen atoms in total. The third-order valence-corrected chi connectivity index (χ3v) is 4.84. The molecular weight excluding hydrogens is 386 g/mol. The van der Waals surface area contributed by atoms with E-state index >= 15 is 0 Å². The summed E-state index contributed by atoms with van der Waals surface area (Å²) < 4.78 is 16.5. The van der Waals surface area contributed by atoms with Crippen molar-refractivity contribution in [2.24, 2.45) is 0 Å². The number of aliphatic hydroxyl groups excluding tert-OH is 1. The maximum absolute atomic E-state index is 12.9. The van der Waals surface area contributed by atoms with E-state index < -0.39 is 17.7 Å². The SMILES string of the molecule is CCCOc1cccc(C(O)=C2C(=O)C(=O)N(Cc3ccco3)C2c2ccco2)c1. The van der Waals surface area contributed by atoms with Crippen LogP contribution in [0.5, 0.6) is 5.75 Å². The highest BCUT2D eigenvalue weighted by molar-refractivity contribution is 6.46. The van der Waals surface area contributed by atoms with E-state index in [1.54, 1.807) is 48.5 Å². The summed E-state index contributed by atoms with van der Waals surface area (Å²) in [4.78, 5) is 27.1. The maximum Gasteiger partial charge on any atom is 0.296 e. The summed E-state index contributed by atoms with van der Waals surface area (Å²) in [6, 6.07) is 12.7. The molecule has 1 aliphatic heterocycles. The molecule has 1 aliphatic rings. The second-order valence-electron chi connectivity index (χ2n) is 6.90. The monoisotopic (exact) mass is 407 g/mol. The van der Waals surface area contributed by atoms with E-state index in [-0.39, 0.29) is 17.9 Å². The molecule has 0 radical (unpaired) electrons. The van der Waals surface area contributed by atoms with E-state index in [1.807, 2.05) is 6.92 Å². The van der Waals surface area contributed by atoms with Gasteiger partial charge in [-0.05, 0) is 42.8 Å². The van der Waals surface area contributed by atoms with Crippen molar-refractivity contribution in [3.63, 3.8) is 0 Å². The summed E-state index contributed by atoms with van der Waals surface area (Å²) in [7, 11) is 0. The van der Waals surface area contributed by atoms with Gasteiger partial charge >= 0.3 is 0 Å². The predicted octanol–water partition coefficient (Wildman–Crippen LogP) is 4.28. The number of rotatable bonds is 7. The summed E-state index contributed by atoms with van der Waals surface area (Å²) in [5.74, 6) is -0.323. The number of hydrogen-bond acceptors (Lipinski definition) is 6. The average Bonchev–Trinajstić information content (AvgIpc) is 3.51. The number of amides is 1. The lowest BCUT2D eigenvalue weighted by Crippen LogP contribution is -2.28. The summed E-state index contributed by atoms with van der Waals surface area (Å²) in [6.07, 6.45) is 3.80. The molecule has 0 saturated carbocycles. The Morgan fingerprint density at radius 2 is 1.90 bits per heavy atom. The minimum atomic E-state index is -0.870. The lowest BCUT2D eigenvalue weighted by atomic mass is 9.99. The molecule has 1 atom stereocenters. The summed E-state index contributed by atoms with van der Waals surface area (Å²) >= 11 is 0. The lowest BCUT2D eigenvalue weighted by Gasteiger charge is -2.22. The molecule has 1 amide bonds. The Balaban J connectivity index is 1.78. The Morgan fingerprint density at radius 1 is 1.10 bits per heavy atom. The van der Waals surface area contributed by atoms with E-state index in [2.05, 4.69) is 0 Å². The van der Waals surface area contributed by atoms with Crippen LogP contribution in [0, 0.1) is 0 Å². The Hall–Kier alpha value is -3.74. The maximum atomic E-state index is 12.9. The van der Waals surface area contributed by atoms with Gasteiger partial charge in [-0.2, -0.15) is 0 Å². The molecule has 0 aliphatic carbocycles. The van der Waals surface area contributed by atoms with Gasteiger partial charge in [0.05, 0.1) is 31.3 Å². The van der Waals surface area contributed by atoms with Crippen LogP contribution in [0.15, 0.2) is 75.5 Å². The average molecular weight is 407 g/mol. The predicted molar refractivity (Wildman–Crippen MR) is 107 cm³/mol. The molecule has 3 aromatic rings. The number of furan rings is 2. The first-order chi connectivity index (χ1) is 14.6. The van der Waals surface area contributed by atoms with Crippen LogP contribution in [-0.4, -0.2) is 28.3 Å². The molecule has 1 N–H and O–H groups in total. The molecule has 1 aromatic carbocycles. The molecule has 1 fully saturated rings. The van der Waals surface area contributed by atoms with Gasteiger partial charge in [-0.25, -0.2) is 0 Å². The minimum absolute atomic E-state index is 0.0332. The number of hydrogen-bond donors (Lipinski definition) is 1. The van der Waals surface area contributed by atoms with Crippen molar-refractivity contribution >= 4 is 17.4 Å². The van der Waals surface area contributed by atoms with Gasteiger partial charge in [0.2, 0.25) is 0 Å². The van der Waals surface area contributed by atoms with Crippen LogP contribution in [0.1, 0.15) is 36.5 Å². The number of nitrogens with zero attached hydrogens (tertiary/aromatic N) is 1. The zero-order valence-corrected chi connectivity index (χ0v) is 16.4. The number of ether oxygens (including phenoxy) is 1. The Kier molecular flexibility index (Phi) is 5.43. The van der Waals surface area contributed by atoms with Gasteiger partial charge < -0.3 is 23.6 Å². The highest BCUT2D eigenvalue weighted by atomic mass is 16.5. The molecular formula is C23H21NO6. The second-order valence-corrected chi connectivity index (χ2v) is 6.90. The highest BCUT2D eigenvalue weighted by Crippen LogP contribution is 2.40. The van der Waals surface area contributed by atoms with E-state index in [9.17, 15) is 14.7 Å². The summed E-state index contributed by atoms with van der Waals surface area (Å²) in [5.41, 5.74) is 0.352. The first kappa shape index (κ1) is 19.6. The number of Topliss-reactive ketones (excluding diaryl/α,β-unsaturated/α-hetero) is 1. The summed E-state index contributed by atoms with van der Waals surface area (Å²) in [5, 5.41) is 11.0. The van der Waals surface area contributed by atoms with Crippen LogP contribution in [0.25, 0.3) is 5.76 Å². The van der Waals surface area contributed by atoms with E-state index in [1.165, 1.54) is 17.4 Å². The lowest BCUT2D eigenvalue weighted by molar-refractivity contribution is -0.140. The number of benzene rings is 1. The summed E-state index contributed by atoms with van der Waals surface area (Å²) in [6.45, 7) is 2.59. The van der Waals surface area contributed by atoms with E-state index in [0.29, 0.717) is 29.4 Å². The molecule has 1 saturated heterocycles. The van der Waals surface area contributed by atoms with Crippen LogP contribution in [-0.2, 0) is 16.1 Å². The molecule has 4 rings (SSSR count). The van der Waals surface area contributed by atoms with Gasteiger partial charge in [-0.3, -0.25) is 9.59 Å². The van der Waals surface area contributed by atoms with Gasteiger partial charge in [-0.1, -0.05) is 19.1 Å². The first-order valence-electron chi connectivity index (χ1n) is 9.67. The van der Waals surface area contributed by atoms with E-state index in [4.69, 9.17) is 13.6 Å². The largest absolute Gasteiger partial charge is 0.507 e. The van der Waals surface area contributed by atoms with Gasteiger partial charge in [-0.15, -0.1) is 0 Å². The number of carbonyl (C=O) groups excluding carboxylic acids is 2. The fraction of sp³-hybridized carbons (Fsp3) is 0.217. The number of ketones is 1. The molecule has 7 heteroatoms. The Morgan fingerprint density at radius 3 is 2.60 bits per heavy atom. The molecule has 3 heterocycles. The zero-order valence-electron chi connectivity index (χ0n) is 16.4. The molecule has 0 spiro atoms. The normalized spacial score (nSPS) is 18.2. The minimum Gasteiger partial charge on any atom is -0.507 e. The van der Waals surface area contributed by atoms with Crippen molar-refractivity contribution in [1.29, 1.82) is 0 Å². The van der Waals surface area contributed by atoms with Crippen molar-refractivity contribution in [2.75, 3.05) is 6.61 Å². The third kappa shape index (κ3) is 3.61. The van der Waals surface area contributed by atoms with Crippen LogP contribution >= 0.6 is 0 Å². The van der Waals surface area contributed by atoms with Crippen LogP contribution in [0.3, 0.4) is 0 Å². The van der Waals surface area contributed by atoms with Crippen LogP contribution in [0.2, 0.25) is 0 Å². The fourth-order valence-electron chi connectivity index (χ4n) is 3.46. The smallest absolute Gasteiger partial charge is 0.296 e. The van der Waals surface area contributed by atoms with Gasteiger partial charge in [0.25, 0.3) is 11.7 Å². The molecule has 0 bridgehead atoms. The standard InChI is InChI=1S/C23H21NO6/c1-2-10-28-16-7-3-6-15(13-16)21(25)19-20(18-9-5-12-30-18)24(23(27)22(19)26)14-17-8-4-11-29-17/h3-9,11-13,20,25H,2,10,14H2,1H3. The van der Waals surface area contributed by atoms with Crippen molar-refractivity contribution in [1.82, 2.24) is 4.90 Å².